The predicted octanol–water partition coefficient (Wildman–Crippen LogP) is 4.09. The number of carbonyl (C=O) groups is 1. The first-order valence-corrected chi connectivity index (χ1v) is 9.39. The van der Waals surface area contributed by atoms with Gasteiger partial charge in [0.2, 0.25) is 0 Å². The molecular formula is C17H20N4OS2. The number of amides is 2. The highest BCUT2D eigenvalue weighted by molar-refractivity contribution is 7.18. The van der Waals surface area contributed by atoms with Crippen molar-refractivity contribution in [1.29, 1.82) is 0 Å². The number of thiophene rings is 1. The third-order valence-corrected chi connectivity index (χ3v) is 5.40. The number of urea groups is 1. The van der Waals surface area contributed by atoms with Crippen LogP contribution in [0.4, 0.5) is 10.5 Å². The van der Waals surface area contributed by atoms with E-state index in [0.717, 1.165) is 20.9 Å². The number of rotatable bonds is 5. The molecule has 1 unspecified atom stereocenters. The summed E-state index contributed by atoms with van der Waals surface area (Å²) in [7, 11) is 4.03. The number of hydrogen-bond donors (Lipinski definition) is 2. The summed E-state index contributed by atoms with van der Waals surface area (Å²) in [5.74, 6) is 0. The Morgan fingerprint density at radius 3 is 2.88 bits per heavy atom. The Morgan fingerprint density at radius 2 is 2.17 bits per heavy atom. The fourth-order valence-corrected chi connectivity index (χ4v) is 4.12. The Morgan fingerprint density at radius 1 is 1.33 bits per heavy atom. The number of thiazole rings is 1. The lowest BCUT2D eigenvalue weighted by atomic mass is 10.1. The minimum absolute atomic E-state index is 0.161. The molecule has 0 radical (unpaired) electrons. The van der Waals surface area contributed by atoms with Crippen molar-refractivity contribution >= 4 is 44.6 Å². The van der Waals surface area contributed by atoms with Crippen molar-refractivity contribution in [1.82, 2.24) is 15.2 Å². The van der Waals surface area contributed by atoms with Crippen molar-refractivity contribution in [3.63, 3.8) is 0 Å². The highest BCUT2D eigenvalue weighted by Gasteiger charge is 2.15. The Bertz CT molecular complexity index is 826. The highest BCUT2D eigenvalue weighted by Crippen LogP contribution is 2.25. The molecule has 7 heteroatoms. The van der Waals surface area contributed by atoms with E-state index in [1.807, 2.05) is 39.2 Å². The number of aryl methyl sites for hydroxylation is 1. The second-order valence-electron chi connectivity index (χ2n) is 5.79. The molecule has 2 amide bonds. The number of hydrogen-bond acceptors (Lipinski definition) is 5. The fraction of sp³-hybridized carbons (Fsp3) is 0.294. The number of benzene rings is 1. The molecule has 0 fully saturated rings. The summed E-state index contributed by atoms with van der Waals surface area (Å²) in [6.45, 7) is 2.54. The van der Waals surface area contributed by atoms with Crippen LogP contribution in [0.3, 0.4) is 0 Å². The molecule has 0 aliphatic heterocycles. The second-order valence-corrected chi connectivity index (χ2v) is 7.80. The number of carbonyl (C=O) groups excluding carboxylic acids is 1. The van der Waals surface area contributed by atoms with Crippen LogP contribution < -0.4 is 10.6 Å². The Kier molecular flexibility index (Phi) is 5.13. The summed E-state index contributed by atoms with van der Waals surface area (Å²) in [6.07, 6.45) is 0. The molecule has 0 aliphatic rings. The van der Waals surface area contributed by atoms with Gasteiger partial charge < -0.3 is 15.5 Å². The van der Waals surface area contributed by atoms with Crippen molar-refractivity contribution in [2.24, 2.45) is 0 Å². The fourth-order valence-electron chi connectivity index (χ4n) is 2.55. The average Bonchev–Trinajstić information content (AvgIpc) is 3.15. The minimum Gasteiger partial charge on any atom is -0.336 e. The van der Waals surface area contributed by atoms with E-state index in [9.17, 15) is 4.79 Å². The first-order valence-electron chi connectivity index (χ1n) is 7.63. The van der Waals surface area contributed by atoms with Gasteiger partial charge in [0.15, 0.2) is 0 Å². The van der Waals surface area contributed by atoms with Crippen LogP contribution >= 0.6 is 22.7 Å². The number of nitrogens with zero attached hydrogens (tertiary/aromatic N) is 2. The number of fused-ring (bicyclic) bond motifs is 1. The van der Waals surface area contributed by atoms with Crippen LogP contribution in [0.5, 0.6) is 0 Å². The lowest BCUT2D eigenvalue weighted by Crippen LogP contribution is -2.36. The molecule has 3 rings (SSSR count). The lowest BCUT2D eigenvalue weighted by molar-refractivity contribution is 0.243. The summed E-state index contributed by atoms with van der Waals surface area (Å²) in [4.78, 5) is 18.7. The maximum Gasteiger partial charge on any atom is 0.319 e. The zero-order chi connectivity index (χ0) is 17.1. The number of likely N-dealkylation sites (N-methyl/N-ethyl adjacent to an activating group) is 1. The van der Waals surface area contributed by atoms with Crippen LogP contribution in [0.15, 0.2) is 35.0 Å². The normalized spacial score (nSPS) is 12.5. The van der Waals surface area contributed by atoms with Crippen molar-refractivity contribution < 1.29 is 4.79 Å². The Labute approximate surface area is 149 Å². The van der Waals surface area contributed by atoms with E-state index in [2.05, 4.69) is 37.3 Å². The van der Waals surface area contributed by atoms with Gasteiger partial charge in [-0.1, -0.05) is 0 Å². The van der Waals surface area contributed by atoms with Gasteiger partial charge in [-0.25, -0.2) is 9.78 Å². The molecule has 24 heavy (non-hydrogen) atoms. The van der Waals surface area contributed by atoms with Crippen molar-refractivity contribution in [3.05, 3.63) is 45.6 Å². The average molecular weight is 361 g/mol. The van der Waals surface area contributed by atoms with Gasteiger partial charge in [-0.3, -0.25) is 0 Å². The van der Waals surface area contributed by atoms with Crippen molar-refractivity contribution in [2.75, 3.05) is 26.0 Å². The largest absolute Gasteiger partial charge is 0.336 e. The van der Waals surface area contributed by atoms with Crippen LogP contribution in [-0.4, -0.2) is 36.6 Å². The van der Waals surface area contributed by atoms with Gasteiger partial charge >= 0.3 is 6.03 Å². The molecule has 2 aromatic heterocycles. The smallest absolute Gasteiger partial charge is 0.319 e. The third-order valence-electron chi connectivity index (χ3n) is 3.76. The molecule has 0 spiro atoms. The summed E-state index contributed by atoms with van der Waals surface area (Å²) >= 11 is 3.29. The maximum absolute atomic E-state index is 12.2. The second kappa shape index (κ2) is 7.29. The molecule has 1 atom stereocenters. The van der Waals surface area contributed by atoms with Crippen LogP contribution in [0.25, 0.3) is 10.2 Å². The van der Waals surface area contributed by atoms with E-state index < -0.39 is 0 Å². The number of anilines is 1. The van der Waals surface area contributed by atoms with Gasteiger partial charge in [0.05, 0.1) is 21.3 Å². The van der Waals surface area contributed by atoms with Gasteiger partial charge in [-0.05, 0) is 61.6 Å². The molecule has 1 aromatic carbocycles. The van der Waals surface area contributed by atoms with Crippen LogP contribution in [0.2, 0.25) is 0 Å². The lowest BCUT2D eigenvalue weighted by Gasteiger charge is -2.24. The van der Waals surface area contributed by atoms with Gasteiger partial charge in [0.25, 0.3) is 0 Å². The Hall–Kier alpha value is -1.96. The van der Waals surface area contributed by atoms with Crippen molar-refractivity contribution in [3.8, 4) is 0 Å². The molecule has 5 nitrogen and oxygen atoms in total. The van der Waals surface area contributed by atoms with E-state index in [1.165, 1.54) is 5.56 Å². The molecule has 3 aromatic rings. The Balaban J connectivity index is 1.61. The van der Waals surface area contributed by atoms with Gasteiger partial charge in [0, 0.05) is 12.2 Å². The van der Waals surface area contributed by atoms with Gasteiger partial charge in [-0.15, -0.1) is 11.3 Å². The molecule has 126 valence electrons. The zero-order valence-corrected chi connectivity index (χ0v) is 15.5. The summed E-state index contributed by atoms with van der Waals surface area (Å²) in [5.41, 5.74) is 2.96. The predicted molar refractivity (Wildman–Crippen MR) is 102 cm³/mol. The summed E-state index contributed by atoms with van der Waals surface area (Å²) < 4.78 is 1.08. The van der Waals surface area contributed by atoms with E-state index in [-0.39, 0.29) is 12.1 Å². The highest BCUT2D eigenvalue weighted by atomic mass is 32.1. The topological polar surface area (TPSA) is 57.3 Å². The summed E-state index contributed by atoms with van der Waals surface area (Å²) in [6, 6.07) is 7.83. The monoisotopic (exact) mass is 360 g/mol. The quantitative estimate of drug-likeness (QED) is 0.720. The third kappa shape index (κ3) is 3.92. The first-order chi connectivity index (χ1) is 11.5. The maximum atomic E-state index is 12.2. The van der Waals surface area contributed by atoms with E-state index in [1.54, 1.807) is 22.7 Å². The standard InChI is InChI=1S/C17H20N4OS2/c1-11-19-14-5-4-13(8-16(14)24-11)20-17(22)18-9-15(21(2)3)12-6-7-23-10-12/h4-8,10,15H,9H2,1-3H3,(H2,18,20,22). The van der Waals surface area contributed by atoms with Crippen LogP contribution in [0, 0.1) is 6.92 Å². The molecular weight excluding hydrogens is 340 g/mol. The van der Waals surface area contributed by atoms with E-state index in [4.69, 9.17) is 0 Å². The molecule has 0 saturated carbocycles. The number of nitrogens with one attached hydrogen (secondary N) is 2. The molecule has 2 N–H and O–H groups in total. The molecule has 2 heterocycles. The van der Waals surface area contributed by atoms with Gasteiger partial charge in [-0.2, -0.15) is 11.3 Å². The first kappa shape index (κ1) is 16.9. The SMILES string of the molecule is Cc1nc2ccc(NC(=O)NCC(c3ccsc3)N(C)C)cc2s1. The minimum atomic E-state index is -0.197. The number of aromatic nitrogens is 1. The van der Waals surface area contributed by atoms with Crippen LogP contribution in [-0.2, 0) is 0 Å². The molecule has 0 aliphatic carbocycles. The van der Waals surface area contributed by atoms with Gasteiger partial charge in [0.1, 0.15) is 0 Å². The zero-order valence-electron chi connectivity index (χ0n) is 13.9. The van der Waals surface area contributed by atoms with Crippen molar-refractivity contribution in [2.45, 2.75) is 13.0 Å². The molecule has 0 bridgehead atoms. The van der Waals surface area contributed by atoms with E-state index in [0.29, 0.717) is 6.54 Å². The van der Waals surface area contributed by atoms with Crippen LogP contribution in [0.1, 0.15) is 16.6 Å². The summed E-state index contributed by atoms with van der Waals surface area (Å²) in [5, 5.41) is 11.0. The molecule has 0 saturated heterocycles. The van der Waals surface area contributed by atoms with E-state index >= 15 is 0 Å².